The molecule has 1 amide bonds. The minimum Gasteiger partial charge on any atom is -0.488 e. The van der Waals surface area contributed by atoms with Gasteiger partial charge in [0.1, 0.15) is 18.4 Å². The van der Waals surface area contributed by atoms with E-state index in [4.69, 9.17) is 4.74 Å². The molecule has 4 rings (SSSR count). The predicted molar refractivity (Wildman–Crippen MR) is 95.6 cm³/mol. The number of rotatable bonds is 5. The number of fused-ring (bicyclic) bond motifs is 1. The molecule has 3 aromatic rings. The Kier molecular flexibility index (Phi) is 4.35. The van der Waals surface area contributed by atoms with Crippen LogP contribution in [0.2, 0.25) is 0 Å². The van der Waals surface area contributed by atoms with Crippen molar-refractivity contribution in [2.24, 2.45) is 0 Å². The normalized spacial score (nSPS) is 15.3. The summed E-state index contributed by atoms with van der Waals surface area (Å²) in [7, 11) is 0. The Morgan fingerprint density at radius 3 is 2.88 bits per heavy atom. The average molecular weight is 349 g/mol. The molecule has 0 unspecified atom stereocenters. The van der Waals surface area contributed by atoms with Gasteiger partial charge in [-0.2, -0.15) is 4.80 Å². The van der Waals surface area contributed by atoms with Gasteiger partial charge < -0.3 is 10.1 Å². The Labute approximate surface area is 151 Å². The van der Waals surface area contributed by atoms with Crippen LogP contribution in [0.25, 0.3) is 11.4 Å². The van der Waals surface area contributed by atoms with E-state index in [1.54, 1.807) is 0 Å². The molecule has 0 radical (unpaired) electrons. The molecule has 0 saturated heterocycles. The molecule has 1 atom stereocenters. The summed E-state index contributed by atoms with van der Waals surface area (Å²) in [6.07, 6.45) is 0.762. The summed E-state index contributed by atoms with van der Waals surface area (Å²) in [4.78, 5) is 13.5. The van der Waals surface area contributed by atoms with E-state index in [1.165, 1.54) is 10.4 Å². The first-order valence-corrected chi connectivity index (χ1v) is 8.54. The lowest BCUT2D eigenvalue weighted by Gasteiger charge is -2.11. The molecule has 26 heavy (non-hydrogen) atoms. The maximum Gasteiger partial charge on any atom is 0.243 e. The van der Waals surface area contributed by atoms with E-state index in [0.29, 0.717) is 12.4 Å². The van der Waals surface area contributed by atoms with E-state index in [1.807, 2.05) is 55.5 Å². The quantitative estimate of drug-likeness (QED) is 0.759. The van der Waals surface area contributed by atoms with Crippen molar-refractivity contribution in [1.82, 2.24) is 25.5 Å². The van der Waals surface area contributed by atoms with Crippen LogP contribution in [0.4, 0.5) is 0 Å². The number of nitrogens with one attached hydrogen (secondary N) is 1. The Morgan fingerprint density at radius 1 is 1.23 bits per heavy atom. The summed E-state index contributed by atoms with van der Waals surface area (Å²) in [5.41, 5.74) is 3.15. The second-order valence-corrected chi connectivity index (χ2v) is 6.31. The minimum atomic E-state index is -0.168. The fraction of sp³-hybridized carbons (Fsp3) is 0.263. The highest BCUT2D eigenvalue weighted by atomic mass is 16.5. The largest absolute Gasteiger partial charge is 0.488 e. The van der Waals surface area contributed by atoms with Crippen molar-refractivity contribution in [2.45, 2.75) is 26.0 Å². The molecule has 0 fully saturated rings. The number of para-hydroxylation sites is 1. The van der Waals surface area contributed by atoms with Crippen LogP contribution >= 0.6 is 0 Å². The van der Waals surface area contributed by atoms with Gasteiger partial charge in [0.15, 0.2) is 0 Å². The molecule has 1 aromatic heterocycles. The lowest BCUT2D eigenvalue weighted by atomic mass is 10.1. The molecule has 0 bridgehead atoms. The van der Waals surface area contributed by atoms with Gasteiger partial charge in [-0.25, -0.2) is 0 Å². The van der Waals surface area contributed by atoms with E-state index in [2.05, 4.69) is 20.7 Å². The van der Waals surface area contributed by atoms with Crippen LogP contribution in [0.3, 0.4) is 0 Å². The van der Waals surface area contributed by atoms with Gasteiger partial charge in [-0.3, -0.25) is 4.79 Å². The number of benzene rings is 2. The molecule has 1 aliphatic heterocycles. The smallest absolute Gasteiger partial charge is 0.243 e. The second-order valence-electron chi connectivity index (χ2n) is 6.31. The van der Waals surface area contributed by atoms with Crippen LogP contribution in [-0.2, 0) is 17.8 Å². The van der Waals surface area contributed by atoms with Crippen molar-refractivity contribution >= 4 is 5.91 Å². The van der Waals surface area contributed by atoms with Crippen LogP contribution in [0, 0.1) is 6.92 Å². The topological polar surface area (TPSA) is 81.9 Å². The van der Waals surface area contributed by atoms with E-state index in [0.717, 1.165) is 23.3 Å². The lowest BCUT2D eigenvalue weighted by Crippen LogP contribution is -2.36. The third-order valence-electron chi connectivity index (χ3n) is 4.36. The van der Waals surface area contributed by atoms with Crippen molar-refractivity contribution in [3.05, 3.63) is 59.7 Å². The summed E-state index contributed by atoms with van der Waals surface area (Å²) in [6, 6.07) is 15.7. The fourth-order valence-electron chi connectivity index (χ4n) is 3.02. The number of tetrazole rings is 1. The molecular formula is C19H19N5O2. The third-order valence-corrected chi connectivity index (χ3v) is 4.36. The number of hydrogen-bond donors (Lipinski definition) is 1. The summed E-state index contributed by atoms with van der Waals surface area (Å²) < 4.78 is 5.82. The molecule has 2 aromatic carbocycles. The van der Waals surface area contributed by atoms with Gasteiger partial charge in [-0.15, -0.1) is 10.2 Å². The summed E-state index contributed by atoms with van der Waals surface area (Å²) in [5, 5.41) is 15.2. The Morgan fingerprint density at radius 2 is 2.04 bits per heavy atom. The van der Waals surface area contributed by atoms with Crippen LogP contribution in [-0.4, -0.2) is 38.8 Å². The number of carbonyl (C=O) groups is 1. The molecule has 7 nitrogen and oxygen atoms in total. The standard InChI is InChI=1S/C19H19N5O2/c1-13-6-2-4-8-16(13)19-21-23-24(22-19)12-18(25)20-11-15-10-14-7-3-5-9-17(14)26-15/h2-9,15H,10-12H2,1H3,(H,20,25)/t15-/m1/s1. The van der Waals surface area contributed by atoms with E-state index < -0.39 is 0 Å². The Hall–Kier alpha value is -3.22. The van der Waals surface area contributed by atoms with Crippen molar-refractivity contribution in [1.29, 1.82) is 0 Å². The van der Waals surface area contributed by atoms with Gasteiger partial charge in [0.2, 0.25) is 11.7 Å². The van der Waals surface area contributed by atoms with Crippen molar-refractivity contribution in [3.8, 4) is 17.1 Å². The molecular weight excluding hydrogens is 330 g/mol. The SMILES string of the molecule is Cc1ccccc1-c1nnn(CC(=O)NC[C@H]2Cc3ccccc3O2)n1. The maximum absolute atomic E-state index is 12.2. The molecule has 0 aliphatic carbocycles. The van der Waals surface area contributed by atoms with Crippen molar-refractivity contribution in [3.63, 3.8) is 0 Å². The van der Waals surface area contributed by atoms with Crippen LogP contribution in [0.15, 0.2) is 48.5 Å². The minimum absolute atomic E-state index is 0.0263. The summed E-state index contributed by atoms with van der Waals surface area (Å²) in [6.45, 7) is 2.47. The lowest BCUT2D eigenvalue weighted by molar-refractivity contribution is -0.122. The predicted octanol–water partition coefficient (Wildman–Crippen LogP) is 1.77. The maximum atomic E-state index is 12.2. The van der Waals surface area contributed by atoms with Crippen LogP contribution in [0.5, 0.6) is 5.75 Å². The highest BCUT2D eigenvalue weighted by Crippen LogP contribution is 2.27. The van der Waals surface area contributed by atoms with Gasteiger partial charge in [0.25, 0.3) is 0 Å². The van der Waals surface area contributed by atoms with Gasteiger partial charge >= 0.3 is 0 Å². The zero-order chi connectivity index (χ0) is 17.9. The van der Waals surface area contributed by atoms with E-state index in [-0.39, 0.29) is 18.6 Å². The van der Waals surface area contributed by atoms with E-state index >= 15 is 0 Å². The number of aryl methyl sites for hydroxylation is 1. The molecule has 1 N–H and O–H groups in total. The van der Waals surface area contributed by atoms with Crippen molar-refractivity contribution < 1.29 is 9.53 Å². The summed E-state index contributed by atoms with van der Waals surface area (Å²) in [5.74, 6) is 1.25. The highest BCUT2D eigenvalue weighted by molar-refractivity contribution is 5.75. The number of ether oxygens (including phenoxy) is 1. The first-order valence-electron chi connectivity index (χ1n) is 8.54. The molecule has 7 heteroatoms. The summed E-state index contributed by atoms with van der Waals surface area (Å²) >= 11 is 0. The first kappa shape index (κ1) is 16.3. The number of hydrogen-bond acceptors (Lipinski definition) is 5. The zero-order valence-corrected chi connectivity index (χ0v) is 14.4. The van der Waals surface area contributed by atoms with Gasteiger partial charge in [-0.05, 0) is 29.3 Å². The van der Waals surface area contributed by atoms with E-state index in [9.17, 15) is 4.79 Å². The first-order chi connectivity index (χ1) is 12.7. The second kappa shape index (κ2) is 6.95. The number of nitrogens with zero attached hydrogens (tertiary/aromatic N) is 4. The molecule has 132 valence electrons. The average Bonchev–Trinajstić information content (AvgIpc) is 3.27. The third kappa shape index (κ3) is 3.42. The number of aromatic nitrogens is 4. The van der Waals surface area contributed by atoms with Crippen molar-refractivity contribution in [2.75, 3.05) is 6.54 Å². The molecule has 0 saturated carbocycles. The van der Waals surface area contributed by atoms with Gasteiger partial charge in [0.05, 0.1) is 6.54 Å². The Bertz CT molecular complexity index is 912. The van der Waals surface area contributed by atoms with Gasteiger partial charge in [-0.1, -0.05) is 42.5 Å². The molecule has 2 heterocycles. The number of carbonyl (C=O) groups excluding carboxylic acids is 1. The van der Waals surface area contributed by atoms with Crippen LogP contribution < -0.4 is 10.1 Å². The van der Waals surface area contributed by atoms with Gasteiger partial charge in [0, 0.05) is 12.0 Å². The highest BCUT2D eigenvalue weighted by Gasteiger charge is 2.22. The monoisotopic (exact) mass is 349 g/mol. The zero-order valence-electron chi connectivity index (χ0n) is 14.4. The molecule has 1 aliphatic rings. The Balaban J connectivity index is 1.31. The number of amides is 1. The fourth-order valence-corrected chi connectivity index (χ4v) is 3.02. The van der Waals surface area contributed by atoms with Crippen LogP contribution in [0.1, 0.15) is 11.1 Å². The molecule has 0 spiro atoms.